The number of thiocarbonyl (C=S) groups is 1. The molecule has 4 rings (SSSR count). The number of nitrogens with zero attached hydrogens (tertiary/aromatic N) is 3. The maximum absolute atomic E-state index is 13.1. The summed E-state index contributed by atoms with van der Waals surface area (Å²) in [7, 11) is -3.55. The van der Waals surface area contributed by atoms with E-state index in [0.717, 1.165) is 23.5 Å². The Hall–Kier alpha value is -3.05. The number of anilines is 2. The molecule has 0 saturated carbocycles. The lowest BCUT2D eigenvalue weighted by Gasteiger charge is -2.34. The van der Waals surface area contributed by atoms with Gasteiger partial charge in [0.05, 0.1) is 4.90 Å². The number of nitrogens with two attached hydrogens (primary N) is 1. The Kier molecular flexibility index (Phi) is 7.73. The van der Waals surface area contributed by atoms with Crippen molar-refractivity contribution in [2.24, 2.45) is 0 Å². The molecule has 0 spiro atoms. The molecule has 2 aromatic carbocycles. The second-order valence-electron chi connectivity index (χ2n) is 8.12. The lowest BCUT2D eigenvalue weighted by atomic mass is 10.2. The summed E-state index contributed by atoms with van der Waals surface area (Å²) in [4.78, 5) is 6.60. The highest BCUT2D eigenvalue weighted by molar-refractivity contribution is 7.89. The molecule has 0 amide bonds. The van der Waals surface area contributed by atoms with Gasteiger partial charge in [0, 0.05) is 63.0 Å². The molecule has 1 aliphatic heterocycles. The molecule has 1 saturated heterocycles. The lowest BCUT2D eigenvalue weighted by molar-refractivity contribution is 0.181. The number of hydrogen-bond donors (Lipinski definition) is 3. The molecule has 2 heterocycles. The SMILES string of the molecule is Nc1ccc(CN2CCN(S(=O)(=O)c3ccc(NC(=S)NCc4cccnc4)cc3)CC2)cc1. The lowest BCUT2D eigenvalue weighted by Crippen LogP contribution is -2.48. The molecule has 10 heteroatoms. The molecule has 0 aliphatic carbocycles. The van der Waals surface area contributed by atoms with Crippen LogP contribution in [0.15, 0.2) is 78.0 Å². The highest BCUT2D eigenvalue weighted by atomic mass is 32.2. The van der Waals surface area contributed by atoms with Crippen LogP contribution < -0.4 is 16.4 Å². The number of sulfonamides is 1. The number of aromatic nitrogens is 1. The Labute approximate surface area is 205 Å². The van der Waals surface area contributed by atoms with Gasteiger partial charge in [0.25, 0.3) is 0 Å². The van der Waals surface area contributed by atoms with Crippen LogP contribution >= 0.6 is 12.2 Å². The minimum Gasteiger partial charge on any atom is -0.399 e. The van der Waals surface area contributed by atoms with Crippen LogP contribution in [0.1, 0.15) is 11.1 Å². The summed E-state index contributed by atoms with van der Waals surface area (Å²) >= 11 is 5.33. The van der Waals surface area contributed by atoms with Crippen molar-refractivity contribution in [1.82, 2.24) is 19.5 Å². The molecule has 0 unspecified atom stereocenters. The van der Waals surface area contributed by atoms with Crippen molar-refractivity contribution in [3.05, 3.63) is 84.2 Å². The maximum Gasteiger partial charge on any atom is 0.243 e. The molecular weight excluding hydrogens is 468 g/mol. The van der Waals surface area contributed by atoms with E-state index < -0.39 is 10.0 Å². The van der Waals surface area contributed by atoms with E-state index in [0.29, 0.717) is 37.8 Å². The first-order chi connectivity index (χ1) is 16.4. The largest absolute Gasteiger partial charge is 0.399 e. The molecular formula is C24H28N6O2S2. The van der Waals surface area contributed by atoms with Gasteiger partial charge in [-0.3, -0.25) is 9.88 Å². The van der Waals surface area contributed by atoms with E-state index in [-0.39, 0.29) is 4.90 Å². The van der Waals surface area contributed by atoms with Gasteiger partial charge in [0.1, 0.15) is 0 Å². The fourth-order valence-electron chi connectivity index (χ4n) is 3.73. The first kappa shape index (κ1) is 24.1. The Morgan fingerprint density at radius 3 is 2.32 bits per heavy atom. The second kappa shape index (κ2) is 10.9. The number of piperazine rings is 1. The van der Waals surface area contributed by atoms with E-state index in [1.54, 1.807) is 41.0 Å². The molecule has 3 aromatic rings. The van der Waals surface area contributed by atoms with Gasteiger partial charge in [-0.2, -0.15) is 4.31 Å². The predicted octanol–water partition coefficient (Wildman–Crippen LogP) is 2.66. The number of hydrogen-bond acceptors (Lipinski definition) is 6. The van der Waals surface area contributed by atoms with E-state index in [9.17, 15) is 8.42 Å². The quantitative estimate of drug-likeness (QED) is 0.339. The minimum atomic E-state index is -3.55. The number of pyridine rings is 1. The van der Waals surface area contributed by atoms with Crippen molar-refractivity contribution in [2.75, 3.05) is 37.2 Å². The summed E-state index contributed by atoms with van der Waals surface area (Å²) in [5.41, 5.74) is 9.39. The highest BCUT2D eigenvalue weighted by Gasteiger charge is 2.28. The topological polar surface area (TPSA) is 104 Å². The van der Waals surface area contributed by atoms with Crippen LogP contribution in [-0.2, 0) is 23.1 Å². The average Bonchev–Trinajstić information content (AvgIpc) is 2.85. The van der Waals surface area contributed by atoms with Gasteiger partial charge in [0.2, 0.25) is 10.0 Å². The number of rotatable bonds is 7. The predicted molar refractivity (Wildman–Crippen MR) is 139 cm³/mol. The first-order valence-electron chi connectivity index (χ1n) is 11.0. The van der Waals surface area contributed by atoms with E-state index in [1.165, 1.54) is 5.56 Å². The monoisotopic (exact) mass is 496 g/mol. The molecule has 34 heavy (non-hydrogen) atoms. The molecule has 1 aromatic heterocycles. The summed E-state index contributed by atoms with van der Waals surface area (Å²) in [6, 6.07) is 18.3. The van der Waals surface area contributed by atoms with E-state index >= 15 is 0 Å². The van der Waals surface area contributed by atoms with Crippen molar-refractivity contribution < 1.29 is 8.42 Å². The maximum atomic E-state index is 13.1. The fraction of sp³-hybridized carbons (Fsp3) is 0.250. The van der Waals surface area contributed by atoms with Gasteiger partial charge in [-0.15, -0.1) is 0 Å². The zero-order valence-corrected chi connectivity index (χ0v) is 20.4. The molecule has 178 valence electrons. The molecule has 4 N–H and O–H groups in total. The Morgan fingerprint density at radius 2 is 1.68 bits per heavy atom. The first-order valence-corrected chi connectivity index (χ1v) is 12.9. The molecule has 8 nitrogen and oxygen atoms in total. The fourth-order valence-corrected chi connectivity index (χ4v) is 5.34. The van der Waals surface area contributed by atoms with Crippen LogP contribution in [0.4, 0.5) is 11.4 Å². The van der Waals surface area contributed by atoms with Crippen molar-refractivity contribution in [3.8, 4) is 0 Å². The number of nitrogen functional groups attached to an aromatic ring is 1. The Morgan fingerprint density at radius 1 is 0.971 bits per heavy atom. The summed E-state index contributed by atoms with van der Waals surface area (Å²) in [5.74, 6) is 0. The average molecular weight is 497 g/mol. The summed E-state index contributed by atoms with van der Waals surface area (Å²) in [5, 5.41) is 6.65. The normalized spacial score (nSPS) is 15.1. The van der Waals surface area contributed by atoms with Crippen LogP contribution in [0.2, 0.25) is 0 Å². The van der Waals surface area contributed by atoms with Gasteiger partial charge in [-0.05, 0) is 65.8 Å². The second-order valence-corrected chi connectivity index (χ2v) is 10.5. The Balaban J connectivity index is 1.28. The van der Waals surface area contributed by atoms with Crippen LogP contribution in [0.3, 0.4) is 0 Å². The van der Waals surface area contributed by atoms with Crippen molar-refractivity contribution in [3.63, 3.8) is 0 Å². The zero-order chi connectivity index (χ0) is 24.0. The minimum absolute atomic E-state index is 0.277. The molecule has 0 bridgehead atoms. The third-order valence-electron chi connectivity index (χ3n) is 5.64. The highest BCUT2D eigenvalue weighted by Crippen LogP contribution is 2.21. The van der Waals surface area contributed by atoms with Crippen molar-refractivity contribution in [2.45, 2.75) is 18.0 Å². The number of nitrogens with one attached hydrogen (secondary N) is 2. The third kappa shape index (κ3) is 6.29. The van der Waals surface area contributed by atoms with E-state index in [1.807, 2.05) is 36.4 Å². The van der Waals surface area contributed by atoms with Gasteiger partial charge < -0.3 is 16.4 Å². The van der Waals surface area contributed by atoms with Crippen LogP contribution in [-0.4, -0.2) is 53.9 Å². The summed E-state index contributed by atoms with van der Waals surface area (Å²) in [6.45, 7) is 3.61. The smallest absolute Gasteiger partial charge is 0.243 e. The van der Waals surface area contributed by atoms with Crippen molar-refractivity contribution >= 4 is 38.7 Å². The van der Waals surface area contributed by atoms with Crippen molar-refractivity contribution in [1.29, 1.82) is 0 Å². The molecule has 1 aliphatic rings. The summed E-state index contributed by atoms with van der Waals surface area (Å²) < 4.78 is 27.8. The van der Waals surface area contributed by atoms with E-state index in [4.69, 9.17) is 18.0 Å². The van der Waals surface area contributed by atoms with Gasteiger partial charge in [0.15, 0.2) is 5.11 Å². The third-order valence-corrected chi connectivity index (χ3v) is 7.80. The van der Waals surface area contributed by atoms with Gasteiger partial charge in [-0.25, -0.2) is 8.42 Å². The Bertz CT molecular complexity index is 1190. The molecule has 1 fully saturated rings. The van der Waals surface area contributed by atoms with E-state index in [2.05, 4.69) is 20.5 Å². The van der Waals surface area contributed by atoms with Gasteiger partial charge >= 0.3 is 0 Å². The molecule has 0 radical (unpaired) electrons. The van der Waals surface area contributed by atoms with Crippen LogP contribution in [0.5, 0.6) is 0 Å². The summed E-state index contributed by atoms with van der Waals surface area (Å²) in [6.07, 6.45) is 3.49. The van der Waals surface area contributed by atoms with Gasteiger partial charge in [-0.1, -0.05) is 18.2 Å². The van der Waals surface area contributed by atoms with Crippen LogP contribution in [0.25, 0.3) is 0 Å². The van der Waals surface area contributed by atoms with Crippen LogP contribution in [0, 0.1) is 0 Å². The zero-order valence-electron chi connectivity index (χ0n) is 18.7. The molecule has 0 atom stereocenters. The number of benzene rings is 2. The standard InChI is InChI=1S/C24H28N6O2S2/c25-21-5-3-19(4-6-21)18-29-12-14-30(15-13-29)34(31,32)23-9-7-22(8-10-23)28-24(33)27-17-20-2-1-11-26-16-20/h1-11,16H,12-15,17-18,25H2,(H2,27,28,33).